The predicted molar refractivity (Wildman–Crippen MR) is 107 cm³/mol. The number of aliphatic hydroxyl groups excluding tert-OH is 5. The summed E-state index contributed by atoms with van der Waals surface area (Å²) in [5.74, 6) is -4.40. The van der Waals surface area contributed by atoms with E-state index in [9.17, 15) is 30.0 Å². The van der Waals surface area contributed by atoms with Gasteiger partial charge in [0.25, 0.3) is 0 Å². The second-order valence-corrected chi connectivity index (χ2v) is 7.56. The average molecular weight is 426 g/mol. The normalized spacial score (nSPS) is 29.4. The fraction of sp³-hybridized carbons (Fsp3) is 0.524. The van der Waals surface area contributed by atoms with Crippen LogP contribution in [0.3, 0.4) is 0 Å². The van der Waals surface area contributed by atoms with Crippen molar-refractivity contribution in [2.75, 3.05) is 20.3 Å². The molecule has 0 bridgehead atoms. The van der Waals surface area contributed by atoms with Gasteiger partial charge in [-0.1, -0.05) is 33.2 Å². The molecule has 168 valence electrons. The van der Waals surface area contributed by atoms with Gasteiger partial charge in [-0.25, -0.2) is 9.59 Å². The number of methoxy groups -OCH3 is 1. The summed E-state index contributed by atoms with van der Waals surface area (Å²) in [5.41, 5.74) is -1.74. The third kappa shape index (κ3) is 4.81. The van der Waals surface area contributed by atoms with E-state index in [2.05, 4.69) is 31.1 Å². The van der Waals surface area contributed by atoms with E-state index < -0.39 is 66.3 Å². The van der Waals surface area contributed by atoms with Crippen LogP contribution >= 0.6 is 0 Å². The Kier molecular flexibility index (Phi) is 8.55. The molecule has 0 aromatic heterocycles. The quantitative estimate of drug-likeness (QED) is 0.150. The Hall–Kier alpha value is -2.46. The maximum atomic E-state index is 12.4. The van der Waals surface area contributed by atoms with Gasteiger partial charge in [0.15, 0.2) is 0 Å². The van der Waals surface area contributed by atoms with E-state index in [1.54, 1.807) is 6.92 Å². The Bertz CT molecular complexity index is 741. The zero-order valence-corrected chi connectivity index (χ0v) is 17.2. The number of hydrogen-bond donors (Lipinski definition) is 5. The van der Waals surface area contributed by atoms with Crippen LogP contribution in [0.25, 0.3) is 0 Å². The van der Waals surface area contributed by atoms with Gasteiger partial charge < -0.3 is 35.0 Å². The number of ether oxygens (including phenoxy) is 2. The minimum Gasteiger partial charge on any atom is -0.512 e. The van der Waals surface area contributed by atoms with Crippen LogP contribution in [0.4, 0.5) is 0 Å². The van der Waals surface area contributed by atoms with Gasteiger partial charge in [0.1, 0.15) is 12.2 Å². The third-order valence-corrected chi connectivity index (χ3v) is 5.67. The van der Waals surface area contributed by atoms with Crippen LogP contribution in [0.1, 0.15) is 13.3 Å². The first kappa shape index (κ1) is 25.6. The number of rotatable bonds is 9. The molecule has 0 aliphatic heterocycles. The highest BCUT2D eigenvalue weighted by Gasteiger charge is 2.55. The summed E-state index contributed by atoms with van der Waals surface area (Å²) in [7, 11) is 1.12. The lowest BCUT2D eigenvalue weighted by molar-refractivity contribution is -0.164. The van der Waals surface area contributed by atoms with Crippen molar-refractivity contribution in [1.29, 1.82) is 0 Å². The molecule has 5 N–H and O–H groups in total. The van der Waals surface area contributed by atoms with Crippen molar-refractivity contribution < 1.29 is 44.6 Å². The molecule has 9 nitrogen and oxygen atoms in total. The topological polar surface area (TPSA) is 154 Å². The Morgan fingerprint density at radius 1 is 1.17 bits per heavy atom. The second kappa shape index (κ2) is 10.0. The number of aliphatic hydroxyl groups is 5. The molecular formula is C21H30O9. The van der Waals surface area contributed by atoms with Crippen molar-refractivity contribution in [1.82, 2.24) is 0 Å². The maximum absolute atomic E-state index is 12.4. The lowest BCUT2D eigenvalue weighted by atomic mass is 9.57. The third-order valence-electron chi connectivity index (χ3n) is 5.67. The SMILES string of the molecule is C=C(C(=O)OC)[C@H]1[C@H](O)[C@H](C(=C)CO)[C@@](C)(C(=C)O)C[C@@H]1OC(=O)C(=C)[C@@H](O)CO. The van der Waals surface area contributed by atoms with E-state index >= 15 is 0 Å². The highest BCUT2D eigenvalue weighted by atomic mass is 16.5. The van der Waals surface area contributed by atoms with Crippen molar-refractivity contribution in [3.63, 3.8) is 0 Å². The minimum absolute atomic E-state index is 0.127. The van der Waals surface area contributed by atoms with Crippen LogP contribution in [0, 0.1) is 17.3 Å². The molecular weight excluding hydrogens is 396 g/mol. The van der Waals surface area contributed by atoms with E-state index in [0.717, 1.165) is 7.11 Å². The first-order valence-electron chi connectivity index (χ1n) is 9.18. The van der Waals surface area contributed by atoms with Crippen LogP contribution in [0.5, 0.6) is 0 Å². The summed E-state index contributed by atoms with van der Waals surface area (Å²) in [4.78, 5) is 24.5. The van der Waals surface area contributed by atoms with Gasteiger partial charge in [0, 0.05) is 16.9 Å². The van der Waals surface area contributed by atoms with Gasteiger partial charge in [-0.3, -0.25) is 0 Å². The standard InChI is InChI=1S/C21H30O9/c1-10(8-22)17-18(26)16(12(3)19(27)29-6)15(7-21(17,5)13(4)24)30-20(28)11(2)14(25)9-23/h14-18,22-26H,1-4,7-9H2,5-6H3/t14-,15-,16+,17-,18-,21+/m0/s1. The van der Waals surface area contributed by atoms with Gasteiger partial charge in [0.05, 0.1) is 43.7 Å². The molecule has 1 fully saturated rings. The van der Waals surface area contributed by atoms with Crippen molar-refractivity contribution in [2.24, 2.45) is 17.3 Å². The molecule has 9 heteroatoms. The molecule has 6 atom stereocenters. The van der Waals surface area contributed by atoms with Crippen LogP contribution < -0.4 is 0 Å². The number of carbonyl (C=O) groups excluding carboxylic acids is 2. The van der Waals surface area contributed by atoms with Crippen LogP contribution in [-0.2, 0) is 19.1 Å². The molecule has 0 heterocycles. The van der Waals surface area contributed by atoms with Gasteiger partial charge >= 0.3 is 11.9 Å². The summed E-state index contributed by atoms with van der Waals surface area (Å²) in [6, 6.07) is 0. The molecule has 0 aromatic carbocycles. The number of allylic oxidation sites excluding steroid dienone is 1. The molecule has 1 saturated carbocycles. The number of hydrogen-bond acceptors (Lipinski definition) is 9. The maximum Gasteiger partial charge on any atom is 0.336 e. The fourth-order valence-electron chi connectivity index (χ4n) is 3.84. The summed E-state index contributed by atoms with van der Waals surface area (Å²) in [6.45, 7) is 14.6. The zero-order chi connectivity index (χ0) is 23.4. The van der Waals surface area contributed by atoms with Crippen LogP contribution in [0.15, 0.2) is 48.8 Å². The van der Waals surface area contributed by atoms with Crippen molar-refractivity contribution in [2.45, 2.75) is 31.7 Å². The summed E-state index contributed by atoms with van der Waals surface area (Å²) >= 11 is 0. The van der Waals surface area contributed by atoms with E-state index in [-0.39, 0.29) is 23.3 Å². The largest absolute Gasteiger partial charge is 0.512 e. The lowest BCUT2D eigenvalue weighted by Crippen LogP contribution is -2.55. The molecule has 1 aliphatic carbocycles. The van der Waals surface area contributed by atoms with E-state index in [4.69, 9.17) is 9.84 Å². The molecule has 1 rings (SSSR count). The van der Waals surface area contributed by atoms with Gasteiger partial charge in [-0.05, 0) is 12.0 Å². The minimum atomic E-state index is -1.56. The molecule has 30 heavy (non-hydrogen) atoms. The molecule has 1 aliphatic rings. The highest BCUT2D eigenvalue weighted by Crippen LogP contribution is 2.52. The summed E-state index contributed by atoms with van der Waals surface area (Å²) < 4.78 is 10.1. The predicted octanol–water partition coefficient (Wildman–Crippen LogP) is 0.160. The Balaban J connectivity index is 3.47. The van der Waals surface area contributed by atoms with E-state index in [1.807, 2.05) is 0 Å². The van der Waals surface area contributed by atoms with Crippen molar-refractivity contribution in [3.8, 4) is 0 Å². The monoisotopic (exact) mass is 426 g/mol. The molecule has 0 spiro atoms. The Morgan fingerprint density at radius 2 is 1.73 bits per heavy atom. The van der Waals surface area contributed by atoms with Crippen molar-refractivity contribution in [3.05, 3.63) is 48.8 Å². The molecule has 0 amide bonds. The number of carbonyl (C=O) groups is 2. The zero-order valence-electron chi connectivity index (χ0n) is 17.2. The van der Waals surface area contributed by atoms with Gasteiger partial charge in [-0.2, -0.15) is 0 Å². The smallest absolute Gasteiger partial charge is 0.336 e. The average Bonchev–Trinajstić information content (AvgIpc) is 2.70. The highest BCUT2D eigenvalue weighted by molar-refractivity contribution is 5.90. The first-order chi connectivity index (χ1) is 13.9. The molecule has 0 aromatic rings. The Morgan fingerprint density at radius 3 is 2.17 bits per heavy atom. The Labute approximate surface area is 175 Å². The molecule has 0 saturated heterocycles. The fourth-order valence-corrected chi connectivity index (χ4v) is 3.84. The number of esters is 2. The van der Waals surface area contributed by atoms with E-state index in [1.165, 1.54) is 0 Å². The van der Waals surface area contributed by atoms with Crippen molar-refractivity contribution >= 4 is 11.9 Å². The lowest BCUT2D eigenvalue weighted by Gasteiger charge is -2.50. The van der Waals surface area contributed by atoms with Crippen LogP contribution in [-0.4, -0.2) is 76.1 Å². The van der Waals surface area contributed by atoms with Crippen LogP contribution in [0.2, 0.25) is 0 Å². The van der Waals surface area contributed by atoms with Gasteiger partial charge in [0.2, 0.25) is 0 Å². The molecule has 0 unspecified atom stereocenters. The summed E-state index contributed by atoms with van der Waals surface area (Å²) in [6.07, 6.45) is -4.36. The van der Waals surface area contributed by atoms with Gasteiger partial charge in [-0.15, -0.1) is 0 Å². The van der Waals surface area contributed by atoms with E-state index in [0.29, 0.717) is 0 Å². The molecule has 0 radical (unpaired) electrons. The summed E-state index contributed by atoms with van der Waals surface area (Å²) in [5, 5.41) is 49.6. The first-order valence-corrected chi connectivity index (χ1v) is 9.18. The second-order valence-electron chi connectivity index (χ2n) is 7.56.